The molecule has 0 unspecified atom stereocenters. The van der Waals surface area contributed by atoms with Gasteiger partial charge in [-0.2, -0.15) is 0 Å². The molecule has 4 nitrogen and oxygen atoms in total. The molecule has 2 aliphatic rings. The number of phenolic OH excluding ortho intramolecular Hbond substituents is 1. The van der Waals surface area contributed by atoms with Crippen molar-refractivity contribution in [2.24, 2.45) is 0 Å². The third-order valence-corrected chi connectivity index (χ3v) is 3.93. The van der Waals surface area contributed by atoms with Gasteiger partial charge in [-0.3, -0.25) is 0 Å². The van der Waals surface area contributed by atoms with Gasteiger partial charge >= 0.3 is 6.09 Å². The second kappa shape index (κ2) is 3.39. The smallest absolute Gasteiger partial charge is 0.407 e. The number of phenols is 1. The zero-order valence-corrected chi connectivity index (χ0v) is 9.52. The summed E-state index contributed by atoms with van der Waals surface area (Å²) in [5.41, 5.74) is 2.36. The second-order valence-corrected chi connectivity index (χ2v) is 5.08. The fourth-order valence-corrected chi connectivity index (χ4v) is 2.83. The average Bonchev–Trinajstić information content (AvgIpc) is 3.06. The number of nitrogens with zero attached hydrogens (tertiary/aromatic N) is 1. The molecule has 0 radical (unpaired) electrons. The van der Waals surface area contributed by atoms with Gasteiger partial charge in [0.15, 0.2) is 0 Å². The number of aromatic hydroxyl groups is 1. The monoisotopic (exact) mass is 233 g/mol. The fraction of sp³-hybridized carbons (Fsp3) is 0.462. The van der Waals surface area contributed by atoms with Crippen LogP contribution in [0.25, 0.3) is 0 Å². The Kier molecular flexibility index (Phi) is 2.08. The number of hydrogen-bond donors (Lipinski definition) is 2. The summed E-state index contributed by atoms with van der Waals surface area (Å²) < 4.78 is 0. The zero-order chi connectivity index (χ0) is 12.0. The number of benzene rings is 1. The molecule has 0 atom stereocenters. The molecule has 1 fully saturated rings. The molecule has 1 aromatic rings. The molecule has 1 heterocycles. The predicted molar refractivity (Wildman–Crippen MR) is 62.3 cm³/mol. The number of hydrogen-bond acceptors (Lipinski definition) is 2. The van der Waals surface area contributed by atoms with Crippen LogP contribution in [0.3, 0.4) is 0 Å². The van der Waals surface area contributed by atoms with E-state index in [1.54, 1.807) is 12.1 Å². The topological polar surface area (TPSA) is 60.8 Å². The molecular weight excluding hydrogens is 218 g/mol. The SMILES string of the molecule is O=C(O)N1CCc2cc(O)ccc2C2(CC2)C1. The van der Waals surface area contributed by atoms with Gasteiger partial charge < -0.3 is 15.1 Å². The highest BCUT2D eigenvalue weighted by Gasteiger charge is 2.48. The van der Waals surface area contributed by atoms with E-state index in [4.69, 9.17) is 5.11 Å². The van der Waals surface area contributed by atoms with E-state index in [0.29, 0.717) is 19.5 Å². The fourth-order valence-electron chi connectivity index (χ4n) is 2.83. The van der Waals surface area contributed by atoms with Gasteiger partial charge in [0.1, 0.15) is 5.75 Å². The average molecular weight is 233 g/mol. The number of amides is 1. The summed E-state index contributed by atoms with van der Waals surface area (Å²) in [5.74, 6) is 0.267. The Morgan fingerprint density at radius 1 is 1.35 bits per heavy atom. The highest BCUT2D eigenvalue weighted by molar-refractivity contribution is 5.66. The molecular formula is C13H15NO3. The maximum Gasteiger partial charge on any atom is 0.407 e. The van der Waals surface area contributed by atoms with Crippen molar-refractivity contribution in [3.8, 4) is 5.75 Å². The molecule has 90 valence electrons. The lowest BCUT2D eigenvalue weighted by molar-refractivity contribution is 0.142. The van der Waals surface area contributed by atoms with Gasteiger partial charge in [0, 0.05) is 18.5 Å². The van der Waals surface area contributed by atoms with Gasteiger partial charge in [-0.15, -0.1) is 0 Å². The van der Waals surface area contributed by atoms with E-state index in [2.05, 4.69) is 0 Å². The number of fused-ring (bicyclic) bond motifs is 2. The first kappa shape index (κ1) is 10.4. The first-order valence-electron chi connectivity index (χ1n) is 5.91. The summed E-state index contributed by atoms with van der Waals surface area (Å²) in [4.78, 5) is 12.6. The predicted octanol–water partition coefficient (Wildman–Crippen LogP) is 1.96. The maximum absolute atomic E-state index is 11.1. The van der Waals surface area contributed by atoms with E-state index in [-0.39, 0.29) is 11.2 Å². The molecule has 4 heteroatoms. The molecule has 2 N–H and O–H groups in total. The minimum absolute atomic E-state index is 0.0257. The van der Waals surface area contributed by atoms with Crippen LogP contribution in [0.1, 0.15) is 24.0 Å². The lowest BCUT2D eigenvalue weighted by atomic mass is 9.91. The second-order valence-electron chi connectivity index (χ2n) is 5.08. The number of rotatable bonds is 0. The van der Waals surface area contributed by atoms with Crippen molar-refractivity contribution >= 4 is 6.09 Å². The lowest BCUT2D eigenvalue weighted by Gasteiger charge is -2.21. The summed E-state index contributed by atoms with van der Waals surface area (Å²) >= 11 is 0. The molecule has 3 rings (SSSR count). The molecule has 0 bridgehead atoms. The lowest BCUT2D eigenvalue weighted by Crippen LogP contribution is -2.35. The summed E-state index contributed by atoms with van der Waals surface area (Å²) in [6, 6.07) is 5.44. The van der Waals surface area contributed by atoms with Crippen LogP contribution in [-0.4, -0.2) is 34.3 Å². The first-order valence-corrected chi connectivity index (χ1v) is 5.91. The van der Waals surface area contributed by atoms with Crippen LogP contribution in [0.15, 0.2) is 18.2 Å². The van der Waals surface area contributed by atoms with Gasteiger partial charge in [0.05, 0.1) is 0 Å². The zero-order valence-electron chi connectivity index (χ0n) is 9.52. The molecule has 1 aromatic carbocycles. The minimum Gasteiger partial charge on any atom is -0.508 e. The number of carboxylic acid groups (broad SMARTS) is 1. The van der Waals surface area contributed by atoms with Gasteiger partial charge in [-0.1, -0.05) is 6.07 Å². The molecule has 0 saturated heterocycles. The van der Waals surface area contributed by atoms with Crippen molar-refractivity contribution < 1.29 is 15.0 Å². The quantitative estimate of drug-likeness (QED) is 0.720. The molecule has 1 spiro atoms. The van der Waals surface area contributed by atoms with Gasteiger partial charge in [-0.05, 0) is 42.5 Å². The van der Waals surface area contributed by atoms with Gasteiger partial charge in [-0.25, -0.2) is 4.79 Å². The Bertz CT molecular complexity index is 480. The highest BCUT2D eigenvalue weighted by atomic mass is 16.4. The third kappa shape index (κ3) is 1.64. The van der Waals surface area contributed by atoms with E-state index < -0.39 is 6.09 Å². The van der Waals surface area contributed by atoms with Crippen molar-refractivity contribution in [1.29, 1.82) is 0 Å². The largest absolute Gasteiger partial charge is 0.508 e. The molecule has 0 aromatic heterocycles. The van der Waals surface area contributed by atoms with E-state index in [0.717, 1.165) is 18.4 Å². The Morgan fingerprint density at radius 3 is 2.76 bits per heavy atom. The first-order chi connectivity index (χ1) is 8.11. The summed E-state index contributed by atoms with van der Waals surface area (Å²) in [6.45, 7) is 1.12. The van der Waals surface area contributed by atoms with Gasteiger partial charge in [0.2, 0.25) is 0 Å². The Balaban J connectivity index is 2.01. The van der Waals surface area contributed by atoms with Crippen LogP contribution in [-0.2, 0) is 11.8 Å². The van der Waals surface area contributed by atoms with Crippen LogP contribution in [0.5, 0.6) is 5.75 Å². The van der Waals surface area contributed by atoms with Crippen molar-refractivity contribution in [3.05, 3.63) is 29.3 Å². The number of carbonyl (C=O) groups is 1. The van der Waals surface area contributed by atoms with E-state index in [9.17, 15) is 9.90 Å². The van der Waals surface area contributed by atoms with Crippen molar-refractivity contribution in [1.82, 2.24) is 4.90 Å². The Morgan fingerprint density at radius 2 is 2.12 bits per heavy atom. The van der Waals surface area contributed by atoms with Crippen molar-refractivity contribution in [2.75, 3.05) is 13.1 Å². The van der Waals surface area contributed by atoms with Crippen LogP contribution in [0.2, 0.25) is 0 Å². The summed E-state index contributed by atoms with van der Waals surface area (Å²) in [6.07, 6.45) is 1.95. The highest BCUT2D eigenvalue weighted by Crippen LogP contribution is 2.51. The normalized spacial score (nSPS) is 20.8. The Labute approximate surface area is 99.5 Å². The van der Waals surface area contributed by atoms with Crippen molar-refractivity contribution in [2.45, 2.75) is 24.7 Å². The Hall–Kier alpha value is -1.71. The van der Waals surface area contributed by atoms with Crippen LogP contribution < -0.4 is 0 Å². The standard InChI is InChI=1S/C13H15NO3/c15-10-1-2-11-9(7-10)3-6-14(12(16)17)8-13(11)4-5-13/h1-2,7,15H,3-6,8H2,(H,16,17). The molecule has 1 aliphatic carbocycles. The molecule has 17 heavy (non-hydrogen) atoms. The van der Waals surface area contributed by atoms with Crippen LogP contribution >= 0.6 is 0 Å². The van der Waals surface area contributed by atoms with Crippen molar-refractivity contribution in [3.63, 3.8) is 0 Å². The van der Waals surface area contributed by atoms with Gasteiger partial charge in [0.25, 0.3) is 0 Å². The molecule has 1 amide bonds. The summed E-state index contributed by atoms with van der Waals surface area (Å²) in [5, 5.41) is 18.6. The van der Waals surface area contributed by atoms with Crippen LogP contribution in [0.4, 0.5) is 4.79 Å². The van der Waals surface area contributed by atoms with E-state index in [1.807, 2.05) is 6.07 Å². The van der Waals surface area contributed by atoms with E-state index >= 15 is 0 Å². The third-order valence-electron chi connectivity index (χ3n) is 3.93. The minimum atomic E-state index is -0.840. The molecule has 1 saturated carbocycles. The van der Waals surface area contributed by atoms with E-state index in [1.165, 1.54) is 10.5 Å². The molecule has 1 aliphatic heterocycles. The maximum atomic E-state index is 11.1. The van der Waals surface area contributed by atoms with Crippen LogP contribution in [0, 0.1) is 0 Å². The summed E-state index contributed by atoms with van der Waals surface area (Å²) in [7, 11) is 0.